The Labute approximate surface area is 140 Å². The van der Waals surface area contributed by atoms with Gasteiger partial charge in [0.15, 0.2) is 0 Å². The molecular weight excluding hydrogens is 338 g/mol. The number of thiophene rings is 1. The molecule has 0 aliphatic rings. The van der Waals surface area contributed by atoms with Crippen molar-refractivity contribution in [2.45, 2.75) is 11.9 Å². The molecule has 1 aromatic carbocycles. The molecule has 0 radical (unpaired) electrons. The number of thioether (sulfide) groups is 1. The highest BCUT2D eigenvalue weighted by Gasteiger charge is 2.10. The largest absolute Gasteiger partial charge is 0.325 e. The zero-order chi connectivity index (χ0) is 15.5. The quantitative estimate of drug-likeness (QED) is 0.561. The third-order valence-electron chi connectivity index (χ3n) is 3.09. The number of hydrogen-bond acceptors (Lipinski definition) is 5. The second-order valence-corrected chi connectivity index (χ2v) is 6.85. The van der Waals surface area contributed by atoms with Crippen LogP contribution in [0.4, 0.5) is 5.69 Å². The molecule has 4 nitrogen and oxygen atoms in total. The lowest BCUT2D eigenvalue weighted by molar-refractivity contribution is -0.113. The number of hydrogen-bond donors (Lipinski definition) is 1. The van der Waals surface area contributed by atoms with Crippen LogP contribution in [0.15, 0.2) is 41.0 Å². The van der Waals surface area contributed by atoms with Crippen LogP contribution in [0.5, 0.6) is 0 Å². The average molecular weight is 350 g/mol. The van der Waals surface area contributed by atoms with Crippen LogP contribution in [-0.2, 0) is 4.79 Å². The Morgan fingerprint density at radius 1 is 1.36 bits per heavy atom. The number of anilines is 1. The minimum absolute atomic E-state index is 0.0846. The van der Waals surface area contributed by atoms with E-state index < -0.39 is 0 Å². The van der Waals surface area contributed by atoms with Gasteiger partial charge < -0.3 is 5.32 Å². The summed E-state index contributed by atoms with van der Waals surface area (Å²) >= 11 is 9.04. The lowest BCUT2D eigenvalue weighted by Gasteiger charge is -2.09. The van der Waals surface area contributed by atoms with Crippen LogP contribution in [0, 0.1) is 6.92 Å². The van der Waals surface area contributed by atoms with E-state index in [9.17, 15) is 4.79 Å². The van der Waals surface area contributed by atoms with Crippen molar-refractivity contribution < 1.29 is 4.79 Å². The molecule has 2 aromatic heterocycles. The molecule has 0 spiro atoms. The molecule has 0 aliphatic carbocycles. The zero-order valence-electron chi connectivity index (χ0n) is 11.7. The summed E-state index contributed by atoms with van der Waals surface area (Å²) in [4.78, 5) is 20.5. The van der Waals surface area contributed by atoms with Gasteiger partial charge in [0.1, 0.15) is 11.4 Å². The van der Waals surface area contributed by atoms with Crippen LogP contribution < -0.4 is 5.32 Å². The Kier molecular flexibility index (Phi) is 4.61. The number of benzene rings is 1. The number of halogens is 1. The number of fused-ring (bicyclic) bond motifs is 1. The van der Waals surface area contributed by atoms with Gasteiger partial charge >= 0.3 is 0 Å². The summed E-state index contributed by atoms with van der Waals surface area (Å²) in [5.74, 6) is 0.203. The van der Waals surface area contributed by atoms with Crippen LogP contribution in [0.1, 0.15) is 5.56 Å². The second-order valence-electron chi connectivity index (χ2n) is 4.56. The monoisotopic (exact) mass is 349 g/mol. The van der Waals surface area contributed by atoms with Gasteiger partial charge in [-0.3, -0.25) is 4.79 Å². The Morgan fingerprint density at radius 3 is 3.09 bits per heavy atom. The zero-order valence-corrected chi connectivity index (χ0v) is 14.1. The summed E-state index contributed by atoms with van der Waals surface area (Å²) in [5.41, 5.74) is 2.51. The molecule has 0 saturated carbocycles. The van der Waals surface area contributed by atoms with E-state index in [1.807, 2.05) is 30.5 Å². The van der Waals surface area contributed by atoms with Crippen LogP contribution in [0.25, 0.3) is 10.2 Å². The van der Waals surface area contributed by atoms with Crippen molar-refractivity contribution in [3.8, 4) is 0 Å². The molecule has 1 amide bonds. The standard InChI is InChI=1S/C15H12ClN3OS2/c1-9-10(16)3-2-4-11(9)19-13(20)7-22-15-14-12(5-6-21-14)17-8-18-15/h2-6,8H,7H2,1H3,(H,19,20). The van der Waals surface area contributed by atoms with Crippen molar-refractivity contribution >= 4 is 56.5 Å². The molecule has 112 valence electrons. The number of nitrogens with one attached hydrogen (secondary N) is 1. The van der Waals surface area contributed by atoms with Crippen molar-refractivity contribution in [2.24, 2.45) is 0 Å². The molecule has 0 bridgehead atoms. The summed E-state index contributed by atoms with van der Waals surface area (Å²) in [5, 5.41) is 6.32. The fourth-order valence-electron chi connectivity index (χ4n) is 1.93. The van der Waals surface area contributed by atoms with Gasteiger partial charge in [0.05, 0.1) is 16.0 Å². The molecular formula is C15H12ClN3OS2. The van der Waals surface area contributed by atoms with Gasteiger partial charge in [-0.1, -0.05) is 29.4 Å². The Balaban J connectivity index is 1.68. The average Bonchev–Trinajstić information content (AvgIpc) is 2.99. The number of amides is 1. The van der Waals surface area contributed by atoms with E-state index in [1.165, 1.54) is 18.1 Å². The van der Waals surface area contributed by atoms with Gasteiger partial charge in [-0.2, -0.15) is 0 Å². The van der Waals surface area contributed by atoms with Gasteiger partial charge in [-0.05, 0) is 36.1 Å². The molecule has 0 saturated heterocycles. The maximum Gasteiger partial charge on any atom is 0.234 e. The SMILES string of the molecule is Cc1c(Cl)cccc1NC(=O)CSc1ncnc2ccsc12. The van der Waals surface area contributed by atoms with Crippen molar-refractivity contribution in [3.05, 3.63) is 46.6 Å². The molecule has 0 fully saturated rings. The van der Waals surface area contributed by atoms with Crippen molar-refractivity contribution in [1.82, 2.24) is 9.97 Å². The second kappa shape index (κ2) is 6.64. The number of nitrogens with zero attached hydrogens (tertiary/aromatic N) is 2. The third kappa shape index (κ3) is 3.24. The first-order valence-corrected chi connectivity index (χ1v) is 8.75. The third-order valence-corrected chi connectivity index (χ3v) is 5.53. The number of aromatic nitrogens is 2. The van der Waals surface area contributed by atoms with Crippen molar-refractivity contribution in [1.29, 1.82) is 0 Å². The van der Waals surface area contributed by atoms with Gasteiger partial charge in [0.2, 0.25) is 5.91 Å². The van der Waals surface area contributed by atoms with E-state index in [2.05, 4.69) is 15.3 Å². The Morgan fingerprint density at radius 2 is 2.23 bits per heavy atom. The van der Waals surface area contributed by atoms with Crippen LogP contribution in [0.3, 0.4) is 0 Å². The lowest BCUT2D eigenvalue weighted by atomic mass is 10.2. The van der Waals surface area contributed by atoms with E-state index in [0.717, 1.165) is 26.5 Å². The van der Waals surface area contributed by atoms with E-state index in [1.54, 1.807) is 17.4 Å². The predicted molar refractivity (Wildman–Crippen MR) is 93.0 cm³/mol. The molecule has 0 unspecified atom stereocenters. The van der Waals surface area contributed by atoms with Gasteiger partial charge in [0.25, 0.3) is 0 Å². The summed E-state index contributed by atoms with van der Waals surface area (Å²) < 4.78 is 1.01. The Hall–Kier alpha value is -1.63. The maximum atomic E-state index is 12.1. The fraction of sp³-hybridized carbons (Fsp3) is 0.133. The molecule has 1 N–H and O–H groups in total. The van der Waals surface area contributed by atoms with Gasteiger partial charge in [-0.25, -0.2) is 9.97 Å². The number of carbonyl (C=O) groups is 1. The molecule has 2 heterocycles. The normalized spacial score (nSPS) is 10.8. The highest BCUT2D eigenvalue weighted by atomic mass is 35.5. The first kappa shape index (κ1) is 15.3. The van der Waals surface area contributed by atoms with E-state index in [0.29, 0.717) is 5.02 Å². The first-order chi connectivity index (χ1) is 10.6. The molecule has 3 rings (SSSR count). The Bertz CT molecular complexity index is 835. The minimum Gasteiger partial charge on any atom is -0.325 e. The van der Waals surface area contributed by atoms with Crippen molar-refractivity contribution in [3.63, 3.8) is 0 Å². The maximum absolute atomic E-state index is 12.1. The summed E-state index contributed by atoms with van der Waals surface area (Å²) in [6.07, 6.45) is 1.52. The molecule has 22 heavy (non-hydrogen) atoms. The van der Waals surface area contributed by atoms with E-state index in [4.69, 9.17) is 11.6 Å². The molecule has 0 atom stereocenters. The summed E-state index contributed by atoms with van der Waals surface area (Å²) in [7, 11) is 0. The molecule has 0 aliphatic heterocycles. The number of rotatable bonds is 4. The number of carbonyl (C=O) groups excluding carboxylic acids is 1. The lowest BCUT2D eigenvalue weighted by Crippen LogP contribution is -2.15. The predicted octanol–water partition coefficient (Wildman–Crippen LogP) is 4.38. The van der Waals surface area contributed by atoms with E-state index in [-0.39, 0.29) is 11.7 Å². The highest BCUT2D eigenvalue weighted by molar-refractivity contribution is 8.00. The van der Waals surface area contributed by atoms with Crippen LogP contribution in [-0.4, -0.2) is 21.6 Å². The molecule has 3 aromatic rings. The fourth-order valence-corrected chi connectivity index (χ4v) is 3.85. The van der Waals surface area contributed by atoms with Crippen molar-refractivity contribution in [2.75, 3.05) is 11.1 Å². The smallest absolute Gasteiger partial charge is 0.234 e. The molecule has 7 heteroatoms. The van der Waals surface area contributed by atoms with Gasteiger partial charge in [0, 0.05) is 10.7 Å². The van der Waals surface area contributed by atoms with Crippen LogP contribution >= 0.6 is 34.7 Å². The summed E-state index contributed by atoms with van der Waals surface area (Å²) in [6, 6.07) is 7.40. The topological polar surface area (TPSA) is 54.9 Å². The highest BCUT2D eigenvalue weighted by Crippen LogP contribution is 2.29. The van der Waals surface area contributed by atoms with Gasteiger partial charge in [-0.15, -0.1) is 11.3 Å². The van der Waals surface area contributed by atoms with E-state index >= 15 is 0 Å². The first-order valence-electron chi connectivity index (χ1n) is 6.51. The summed E-state index contributed by atoms with van der Waals surface area (Å²) in [6.45, 7) is 1.88. The van der Waals surface area contributed by atoms with Crippen LogP contribution in [0.2, 0.25) is 5.02 Å². The minimum atomic E-state index is -0.0846.